The second-order valence-corrected chi connectivity index (χ2v) is 10.1. The molecule has 5 rings (SSSR count). The first-order chi connectivity index (χ1) is 15.4. The van der Waals surface area contributed by atoms with Crippen molar-refractivity contribution in [3.8, 4) is 21.7 Å². The van der Waals surface area contributed by atoms with Crippen LogP contribution in [-0.2, 0) is 10.3 Å². The third kappa shape index (κ3) is 3.95. The predicted octanol–water partition coefficient (Wildman–Crippen LogP) is 5.01. The Hall–Kier alpha value is -2.64. The molecule has 3 N–H and O–H groups in total. The molecule has 1 atom stereocenters. The van der Waals surface area contributed by atoms with Gasteiger partial charge in [-0.2, -0.15) is 0 Å². The molecule has 2 aliphatic rings. The summed E-state index contributed by atoms with van der Waals surface area (Å²) in [6.07, 6.45) is 5.60. The zero-order valence-corrected chi connectivity index (χ0v) is 19.1. The molecule has 164 valence electrons. The van der Waals surface area contributed by atoms with Crippen LogP contribution in [0.3, 0.4) is 0 Å². The number of nitrogens with two attached hydrogens (primary N) is 1. The lowest BCUT2D eigenvalue weighted by atomic mass is 9.63. The van der Waals surface area contributed by atoms with E-state index in [4.69, 9.17) is 15.5 Å². The Morgan fingerprint density at radius 3 is 2.44 bits per heavy atom. The molecule has 1 unspecified atom stereocenters. The monoisotopic (exact) mass is 445 g/mol. The van der Waals surface area contributed by atoms with E-state index in [9.17, 15) is 5.11 Å². The summed E-state index contributed by atoms with van der Waals surface area (Å²) in [5.41, 5.74) is 10.7. The summed E-state index contributed by atoms with van der Waals surface area (Å²) in [5.74, 6) is 0. The van der Waals surface area contributed by atoms with Crippen LogP contribution in [0.15, 0.2) is 65.8 Å². The van der Waals surface area contributed by atoms with E-state index in [0.29, 0.717) is 12.8 Å². The minimum atomic E-state index is -0.673. The quantitative estimate of drug-likeness (QED) is 0.579. The number of benzene rings is 2. The lowest BCUT2D eigenvalue weighted by Crippen LogP contribution is -2.58. The SMILES string of the molecule is COC1C=NC=C(c2nc(-c3ccc(C4(N)CC(C)(O)C4)cc3)c(-c3ccccc3)s2)C1. The van der Waals surface area contributed by atoms with Crippen molar-refractivity contribution in [2.75, 3.05) is 7.11 Å². The summed E-state index contributed by atoms with van der Waals surface area (Å²) in [5, 5.41) is 11.1. The number of thiazole rings is 1. The number of aromatic nitrogens is 1. The number of ether oxygens (including phenoxy) is 1. The molecule has 1 saturated carbocycles. The molecule has 5 nitrogen and oxygen atoms in total. The third-order valence-electron chi connectivity index (χ3n) is 6.27. The predicted molar refractivity (Wildman–Crippen MR) is 131 cm³/mol. The molecular weight excluding hydrogens is 418 g/mol. The zero-order valence-electron chi connectivity index (χ0n) is 18.3. The molecule has 1 fully saturated rings. The fourth-order valence-electron chi connectivity index (χ4n) is 4.75. The molecule has 0 bridgehead atoms. The standard InChI is InChI=1S/C26H27N3O2S/c1-25(30)15-26(27,16-25)20-10-8-17(9-11-20)22-23(18-6-4-3-5-7-18)32-24(29-22)19-12-21(31-2)14-28-13-19/h3-11,13-14,21,30H,12,15-16,27H2,1-2H3. The van der Waals surface area contributed by atoms with Crippen LogP contribution in [0.4, 0.5) is 0 Å². The molecule has 1 aromatic heterocycles. The van der Waals surface area contributed by atoms with Crippen molar-refractivity contribution in [1.29, 1.82) is 0 Å². The minimum Gasteiger partial charge on any atom is -0.390 e. The van der Waals surface area contributed by atoms with Gasteiger partial charge in [0.2, 0.25) is 0 Å². The van der Waals surface area contributed by atoms with E-state index < -0.39 is 11.1 Å². The van der Waals surface area contributed by atoms with Crippen LogP contribution in [0.2, 0.25) is 0 Å². The van der Waals surface area contributed by atoms with Crippen molar-refractivity contribution in [2.45, 2.75) is 43.4 Å². The maximum Gasteiger partial charge on any atom is 0.122 e. The fraction of sp³-hybridized carbons (Fsp3) is 0.308. The summed E-state index contributed by atoms with van der Waals surface area (Å²) in [7, 11) is 1.70. The van der Waals surface area contributed by atoms with E-state index in [0.717, 1.165) is 44.3 Å². The van der Waals surface area contributed by atoms with Crippen LogP contribution in [0.25, 0.3) is 27.3 Å². The second kappa shape index (κ2) is 8.05. The molecule has 1 aliphatic heterocycles. The molecule has 6 heteroatoms. The van der Waals surface area contributed by atoms with Gasteiger partial charge in [0.1, 0.15) is 5.01 Å². The van der Waals surface area contributed by atoms with E-state index in [2.05, 4.69) is 41.4 Å². The Morgan fingerprint density at radius 1 is 1.06 bits per heavy atom. The largest absolute Gasteiger partial charge is 0.390 e. The van der Waals surface area contributed by atoms with Crippen molar-refractivity contribution in [2.24, 2.45) is 10.7 Å². The van der Waals surface area contributed by atoms with Crippen LogP contribution in [0.1, 0.15) is 36.8 Å². The number of aliphatic hydroxyl groups is 1. The highest BCUT2D eigenvalue weighted by Gasteiger charge is 2.49. The first-order valence-corrected chi connectivity index (χ1v) is 11.6. The normalized spacial score (nSPS) is 27.1. The second-order valence-electron chi connectivity index (χ2n) is 9.08. The van der Waals surface area contributed by atoms with Crippen molar-refractivity contribution in [3.63, 3.8) is 0 Å². The fourth-order valence-corrected chi connectivity index (χ4v) is 5.86. The van der Waals surface area contributed by atoms with Gasteiger partial charge in [0.05, 0.1) is 22.3 Å². The number of rotatable bonds is 5. The molecule has 2 heterocycles. The van der Waals surface area contributed by atoms with Gasteiger partial charge in [0.15, 0.2) is 0 Å². The first kappa shape index (κ1) is 21.2. The van der Waals surface area contributed by atoms with Gasteiger partial charge in [-0.05, 0) is 30.9 Å². The molecule has 0 spiro atoms. The van der Waals surface area contributed by atoms with Crippen LogP contribution < -0.4 is 5.73 Å². The lowest BCUT2D eigenvalue weighted by molar-refractivity contribution is -0.0738. The Morgan fingerprint density at radius 2 is 1.78 bits per heavy atom. The van der Waals surface area contributed by atoms with E-state index in [-0.39, 0.29) is 6.10 Å². The smallest absolute Gasteiger partial charge is 0.122 e. The van der Waals surface area contributed by atoms with Gasteiger partial charge in [-0.1, -0.05) is 54.6 Å². The van der Waals surface area contributed by atoms with Gasteiger partial charge in [0, 0.05) is 42.6 Å². The summed E-state index contributed by atoms with van der Waals surface area (Å²) >= 11 is 1.69. The molecule has 0 saturated heterocycles. The van der Waals surface area contributed by atoms with Crippen molar-refractivity contribution >= 4 is 23.1 Å². The maximum atomic E-state index is 10.2. The summed E-state index contributed by atoms with van der Waals surface area (Å²) in [6.45, 7) is 1.84. The minimum absolute atomic E-state index is 0.0257. The first-order valence-electron chi connectivity index (χ1n) is 10.8. The van der Waals surface area contributed by atoms with Crippen LogP contribution in [-0.4, -0.2) is 35.1 Å². The highest BCUT2D eigenvalue weighted by Crippen LogP contribution is 2.47. The van der Waals surface area contributed by atoms with Crippen LogP contribution in [0.5, 0.6) is 0 Å². The molecule has 0 radical (unpaired) electrons. The van der Waals surface area contributed by atoms with Crippen molar-refractivity contribution < 1.29 is 9.84 Å². The number of methoxy groups -OCH3 is 1. The van der Waals surface area contributed by atoms with Gasteiger partial charge in [-0.3, -0.25) is 4.99 Å². The van der Waals surface area contributed by atoms with E-state index in [1.165, 1.54) is 0 Å². The van der Waals surface area contributed by atoms with Crippen molar-refractivity contribution in [1.82, 2.24) is 4.98 Å². The molecular formula is C26H27N3O2S. The Bertz CT molecular complexity index is 1170. The van der Waals surface area contributed by atoms with E-state index in [1.807, 2.05) is 37.5 Å². The molecule has 32 heavy (non-hydrogen) atoms. The number of hydrogen-bond acceptors (Lipinski definition) is 6. The van der Waals surface area contributed by atoms with Gasteiger partial charge in [-0.15, -0.1) is 11.3 Å². The zero-order chi connectivity index (χ0) is 22.3. The molecule has 0 amide bonds. The average Bonchev–Trinajstić information content (AvgIpc) is 3.24. The highest BCUT2D eigenvalue weighted by molar-refractivity contribution is 7.16. The van der Waals surface area contributed by atoms with E-state index in [1.54, 1.807) is 18.4 Å². The van der Waals surface area contributed by atoms with Crippen LogP contribution in [0, 0.1) is 0 Å². The summed E-state index contributed by atoms with van der Waals surface area (Å²) in [4.78, 5) is 10.5. The number of nitrogens with zero attached hydrogens (tertiary/aromatic N) is 2. The molecule has 3 aromatic rings. The summed E-state index contributed by atoms with van der Waals surface area (Å²) < 4.78 is 5.48. The maximum absolute atomic E-state index is 10.2. The summed E-state index contributed by atoms with van der Waals surface area (Å²) in [6, 6.07) is 18.7. The highest BCUT2D eigenvalue weighted by atomic mass is 32.1. The Kier molecular flexibility index (Phi) is 5.34. The number of aliphatic imine (C=N–C) groups is 1. The average molecular weight is 446 g/mol. The van der Waals surface area contributed by atoms with Gasteiger partial charge in [-0.25, -0.2) is 4.98 Å². The van der Waals surface area contributed by atoms with E-state index >= 15 is 0 Å². The third-order valence-corrected chi connectivity index (χ3v) is 7.45. The Labute approximate surface area is 192 Å². The van der Waals surface area contributed by atoms with Gasteiger partial charge < -0.3 is 15.6 Å². The van der Waals surface area contributed by atoms with Gasteiger partial charge >= 0.3 is 0 Å². The topological polar surface area (TPSA) is 80.7 Å². The molecule has 1 aliphatic carbocycles. The lowest BCUT2D eigenvalue weighted by Gasteiger charge is -2.49. The van der Waals surface area contributed by atoms with Gasteiger partial charge in [0.25, 0.3) is 0 Å². The van der Waals surface area contributed by atoms with Crippen molar-refractivity contribution in [3.05, 3.63) is 71.4 Å². The Balaban J connectivity index is 1.52. The number of hydrogen-bond donors (Lipinski definition) is 2. The molecule has 2 aromatic carbocycles. The van der Waals surface area contributed by atoms with Crippen LogP contribution >= 0.6 is 11.3 Å².